The second kappa shape index (κ2) is 19.3. The minimum atomic E-state index is -0.889. The summed E-state index contributed by atoms with van der Waals surface area (Å²) in [4.78, 5) is 52.5. The zero-order valence-electron chi connectivity index (χ0n) is 35.3. The minimum Gasteiger partial charge on any atom is -0.481 e. The van der Waals surface area contributed by atoms with Crippen molar-refractivity contribution in [3.05, 3.63) is 70.7 Å². The number of para-hydroxylation sites is 2. The maximum atomic E-state index is 13.6. The van der Waals surface area contributed by atoms with Crippen LogP contribution in [0.25, 0.3) is 0 Å². The average molecular weight is 873 g/mol. The van der Waals surface area contributed by atoms with E-state index in [2.05, 4.69) is 32.7 Å². The number of carboxylic acids is 1. The smallest absolute Gasteiger partial charge is 0.316 e. The second-order valence-electron chi connectivity index (χ2n) is 18.1. The minimum absolute atomic E-state index is 0.0159. The Morgan fingerprint density at radius 3 is 2.41 bits per heavy atom. The Morgan fingerprint density at radius 2 is 1.76 bits per heavy atom. The zero-order chi connectivity index (χ0) is 43.4. The highest BCUT2D eigenvalue weighted by molar-refractivity contribution is 8.00. The van der Waals surface area contributed by atoms with Gasteiger partial charge in [-0.05, 0) is 85.5 Å². The maximum absolute atomic E-state index is 13.6. The summed E-state index contributed by atoms with van der Waals surface area (Å²) in [6.07, 6.45) is 6.06. The number of aliphatic hydroxyl groups excluding tert-OH is 1. The molecule has 59 heavy (non-hydrogen) atoms. The van der Waals surface area contributed by atoms with Crippen molar-refractivity contribution in [2.24, 2.45) is 45.7 Å². The van der Waals surface area contributed by atoms with Crippen molar-refractivity contribution in [2.45, 2.75) is 116 Å². The van der Waals surface area contributed by atoms with E-state index < -0.39 is 35.0 Å². The summed E-state index contributed by atoms with van der Waals surface area (Å²) in [7, 11) is 0. The number of halogens is 2. The first-order chi connectivity index (χ1) is 27.8. The lowest BCUT2D eigenvalue weighted by Gasteiger charge is -2.61. The number of piperidine rings is 1. The monoisotopic (exact) mass is 871 g/mol. The fourth-order valence-corrected chi connectivity index (χ4v) is 11.9. The number of nitrogens with two attached hydrogens (primary N) is 1. The van der Waals surface area contributed by atoms with E-state index in [1.165, 1.54) is 0 Å². The summed E-state index contributed by atoms with van der Waals surface area (Å²) in [5.74, 6) is -0.731. The standard InChI is InChI=1S/C32H52N2O5S.C14H11Cl2NO2/c1-8-30(6)16-24(31(7)20(4)11-13-32(21(5)28(30)37)14-12-23(35)27(31)32)39-25(36)18-40-22-10-9-15-34(17-22)29(38)26(33)19(2)3;15-10-5-3-6-11(16)14(10)17-12-7-2-1-4-9(12)8-13(18)19/h8,19-22,24,26-28,37H,1,9-18,33H2,2-7H3;1-7,17H,8H2,(H,18,19)/t20-,21+,22?,24-,26?,27+,28+,30-,31+,32+;/m1./s1. The number of rotatable bonds is 11. The van der Waals surface area contributed by atoms with Crippen molar-refractivity contribution in [1.82, 2.24) is 4.90 Å². The van der Waals surface area contributed by atoms with Crippen LogP contribution in [0.3, 0.4) is 0 Å². The second-order valence-corrected chi connectivity index (χ2v) is 20.2. The van der Waals surface area contributed by atoms with Gasteiger partial charge in [0.05, 0.1) is 40.1 Å². The first-order valence-electron chi connectivity index (χ1n) is 21.0. The number of nitrogens with one attached hydrogen (secondary N) is 1. The lowest BCUT2D eigenvalue weighted by molar-refractivity contribution is -0.205. The van der Waals surface area contributed by atoms with Gasteiger partial charge >= 0.3 is 11.9 Å². The lowest BCUT2D eigenvalue weighted by Crippen LogP contribution is -2.63. The number of Topliss-reactive ketones (excluding diaryl/α,β-unsaturated/α-hetero) is 1. The molecule has 10 atom stereocenters. The molecule has 13 heteroatoms. The van der Waals surface area contributed by atoms with Crippen LogP contribution in [0.1, 0.15) is 92.1 Å². The highest BCUT2D eigenvalue weighted by Gasteiger charge is 2.68. The van der Waals surface area contributed by atoms with Crippen molar-refractivity contribution in [3.8, 4) is 0 Å². The van der Waals surface area contributed by atoms with Gasteiger partial charge in [-0.15, -0.1) is 18.3 Å². The number of ether oxygens (including phenoxy) is 1. The Bertz CT molecular complexity index is 1860. The quantitative estimate of drug-likeness (QED) is 0.127. The number of carbonyl (C=O) groups excluding carboxylic acids is 3. The number of aliphatic hydroxyl groups is 1. The van der Waals surface area contributed by atoms with Gasteiger partial charge in [0.1, 0.15) is 11.9 Å². The van der Waals surface area contributed by atoms with Crippen LogP contribution in [0.5, 0.6) is 0 Å². The van der Waals surface area contributed by atoms with Crippen LogP contribution < -0.4 is 11.1 Å². The van der Waals surface area contributed by atoms with Crippen molar-refractivity contribution in [1.29, 1.82) is 0 Å². The molecule has 6 rings (SSSR count). The summed E-state index contributed by atoms with van der Waals surface area (Å²) in [6, 6.07) is 11.8. The molecule has 0 radical (unpaired) electrons. The largest absolute Gasteiger partial charge is 0.481 e. The maximum Gasteiger partial charge on any atom is 0.316 e. The zero-order valence-corrected chi connectivity index (χ0v) is 37.7. The molecule has 0 spiro atoms. The molecule has 0 aromatic heterocycles. The fourth-order valence-electron chi connectivity index (χ4n) is 10.4. The number of ketones is 1. The summed E-state index contributed by atoms with van der Waals surface area (Å²) < 4.78 is 6.38. The van der Waals surface area contributed by atoms with Gasteiger partial charge in [-0.1, -0.05) is 95.1 Å². The number of aliphatic carboxylic acids is 1. The van der Waals surface area contributed by atoms with Gasteiger partial charge in [0.25, 0.3) is 0 Å². The topological polar surface area (TPSA) is 159 Å². The molecule has 3 saturated carbocycles. The molecular formula is C46H63Cl2N3O7S. The Labute approximate surface area is 364 Å². The predicted octanol–water partition coefficient (Wildman–Crippen LogP) is 8.96. The third-order valence-electron chi connectivity index (χ3n) is 14.3. The van der Waals surface area contributed by atoms with Gasteiger partial charge in [-0.2, -0.15) is 0 Å². The van der Waals surface area contributed by atoms with Crippen LogP contribution in [0.4, 0.5) is 11.4 Å². The third-order valence-corrected chi connectivity index (χ3v) is 16.2. The number of amides is 1. The summed E-state index contributed by atoms with van der Waals surface area (Å²) in [5, 5.41) is 24.8. The van der Waals surface area contributed by atoms with Gasteiger partial charge in [0, 0.05) is 47.2 Å². The van der Waals surface area contributed by atoms with E-state index >= 15 is 0 Å². The molecular weight excluding hydrogens is 809 g/mol. The fraction of sp³-hybridized carbons (Fsp3) is 0.609. The molecule has 3 aliphatic carbocycles. The molecule has 1 heterocycles. The van der Waals surface area contributed by atoms with Crippen LogP contribution in [-0.4, -0.2) is 81.1 Å². The lowest BCUT2D eigenvalue weighted by atomic mass is 9.44. The molecule has 5 N–H and O–H groups in total. The molecule has 2 bridgehead atoms. The van der Waals surface area contributed by atoms with E-state index in [1.807, 2.05) is 37.8 Å². The Morgan fingerprint density at radius 1 is 1.08 bits per heavy atom. The molecule has 1 amide bonds. The predicted molar refractivity (Wildman–Crippen MR) is 237 cm³/mol. The molecule has 1 saturated heterocycles. The van der Waals surface area contributed by atoms with E-state index in [0.717, 1.165) is 32.1 Å². The number of carboxylic acid groups (broad SMARTS) is 1. The molecule has 2 aromatic carbocycles. The third kappa shape index (κ3) is 9.85. The van der Waals surface area contributed by atoms with Crippen LogP contribution >= 0.6 is 35.0 Å². The number of thioether (sulfide) groups is 1. The number of anilines is 2. The summed E-state index contributed by atoms with van der Waals surface area (Å²) in [6.45, 7) is 17.8. The SMILES string of the molecule is C=C[C@]1(C)C[C@@H](OC(=O)CSC2CCCN(C(=O)C(N)C(C)C)C2)[C@]2(C)[C@H](C)CC[C@]3(CCC(=O)[C@H]32)[C@@H](C)[C@@H]1O.O=C(O)Cc1ccccc1Nc1c(Cl)cccc1Cl. The Kier molecular flexibility index (Phi) is 15.4. The van der Waals surface area contributed by atoms with Gasteiger partial charge in [-0.3, -0.25) is 19.2 Å². The molecule has 324 valence electrons. The van der Waals surface area contributed by atoms with Gasteiger partial charge < -0.3 is 30.9 Å². The van der Waals surface area contributed by atoms with Gasteiger partial charge in [-0.25, -0.2) is 0 Å². The summed E-state index contributed by atoms with van der Waals surface area (Å²) >= 11 is 13.7. The Balaban J connectivity index is 0.000000290. The van der Waals surface area contributed by atoms with Crippen LogP contribution in [0, 0.1) is 39.9 Å². The number of likely N-dealkylation sites (tertiary alicyclic amines) is 1. The summed E-state index contributed by atoms with van der Waals surface area (Å²) in [5.41, 5.74) is 6.62. The van der Waals surface area contributed by atoms with Crippen LogP contribution in [0.2, 0.25) is 10.0 Å². The van der Waals surface area contributed by atoms with Crippen molar-refractivity contribution < 1.29 is 34.1 Å². The molecule has 4 fully saturated rings. The number of hydrogen-bond donors (Lipinski definition) is 4. The molecule has 1 aliphatic heterocycles. The van der Waals surface area contributed by atoms with Crippen molar-refractivity contribution in [2.75, 3.05) is 24.2 Å². The first kappa shape index (κ1) is 47.0. The molecule has 2 unspecified atom stereocenters. The van der Waals surface area contributed by atoms with E-state index in [0.29, 0.717) is 52.9 Å². The Hall–Kier alpha value is -3.09. The van der Waals surface area contributed by atoms with Crippen molar-refractivity contribution in [3.63, 3.8) is 0 Å². The van der Waals surface area contributed by atoms with Crippen LogP contribution in [0.15, 0.2) is 55.1 Å². The first-order valence-corrected chi connectivity index (χ1v) is 22.8. The number of nitrogens with zero attached hydrogens (tertiary/aromatic N) is 1. The van der Waals surface area contributed by atoms with E-state index in [4.69, 9.17) is 38.8 Å². The highest BCUT2D eigenvalue weighted by atomic mass is 35.5. The normalized spacial score (nSPS) is 32.1. The molecule has 4 aliphatic rings. The van der Waals surface area contributed by atoms with E-state index in [1.54, 1.807) is 48.2 Å². The molecule has 2 aromatic rings. The highest BCUT2D eigenvalue weighted by Crippen LogP contribution is 2.68. The number of carbonyl (C=O) groups is 4. The van der Waals surface area contributed by atoms with E-state index in [9.17, 15) is 24.3 Å². The number of esters is 1. The average Bonchev–Trinajstić information content (AvgIpc) is 3.56. The molecule has 10 nitrogen and oxygen atoms in total. The van der Waals surface area contributed by atoms with Crippen molar-refractivity contribution >= 4 is 70.0 Å². The number of benzene rings is 2. The van der Waals surface area contributed by atoms with Gasteiger partial charge in [0.15, 0.2) is 0 Å². The van der Waals surface area contributed by atoms with Gasteiger partial charge in [0.2, 0.25) is 5.91 Å². The van der Waals surface area contributed by atoms with Crippen LogP contribution in [-0.2, 0) is 30.3 Å². The van der Waals surface area contributed by atoms with E-state index in [-0.39, 0.29) is 64.2 Å². The number of hydrogen-bond acceptors (Lipinski definition) is 9.